The molecule has 1 fully saturated rings. The first-order chi connectivity index (χ1) is 9.25. The predicted molar refractivity (Wildman–Crippen MR) is 72.8 cm³/mol. The Kier molecular flexibility index (Phi) is 4.93. The van der Waals surface area contributed by atoms with Gasteiger partial charge in [0, 0.05) is 7.11 Å². The summed E-state index contributed by atoms with van der Waals surface area (Å²) in [6.07, 6.45) is 7.77. The highest BCUT2D eigenvalue weighted by Crippen LogP contribution is 2.37. The van der Waals surface area contributed by atoms with E-state index in [0.29, 0.717) is 5.89 Å². The molecule has 0 bridgehead atoms. The molecular formula is C14H25N3O2. The van der Waals surface area contributed by atoms with Crippen molar-refractivity contribution in [3.05, 3.63) is 11.7 Å². The number of ether oxygens (including phenoxy) is 1. The van der Waals surface area contributed by atoms with Gasteiger partial charge < -0.3 is 14.6 Å². The maximum atomic E-state index is 5.80. The zero-order chi connectivity index (χ0) is 13.7. The average molecular weight is 267 g/mol. The molecule has 1 saturated carbocycles. The van der Waals surface area contributed by atoms with Gasteiger partial charge in [-0.1, -0.05) is 37.8 Å². The molecule has 1 aromatic heterocycles. The van der Waals surface area contributed by atoms with Gasteiger partial charge in [0.05, 0.1) is 6.04 Å². The number of aromatic nitrogens is 2. The minimum atomic E-state index is -0.343. The lowest BCUT2D eigenvalue weighted by atomic mass is 9.93. The van der Waals surface area contributed by atoms with Gasteiger partial charge in [-0.15, -0.1) is 0 Å². The third-order valence-electron chi connectivity index (χ3n) is 4.21. The summed E-state index contributed by atoms with van der Waals surface area (Å²) in [5.41, 5.74) is -0.343. The van der Waals surface area contributed by atoms with E-state index in [1.54, 1.807) is 7.11 Å². The van der Waals surface area contributed by atoms with E-state index in [4.69, 9.17) is 9.26 Å². The molecule has 19 heavy (non-hydrogen) atoms. The van der Waals surface area contributed by atoms with Gasteiger partial charge in [0.25, 0.3) is 0 Å². The van der Waals surface area contributed by atoms with Crippen LogP contribution in [0.4, 0.5) is 0 Å². The van der Waals surface area contributed by atoms with Crippen molar-refractivity contribution in [2.45, 2.75) is 63.5 Å². The van der Waals surface area contributed by atoms with E-state index in [9.17, 15) is 0 Å². The Labute approximate surface area is 115 Å². The van der Waals surface area contributed by atoms with Crippen molar-refractivity contribution in [1.29, 1.82) is 0 Å². The van der Waals surface area contributed by atoms with Crippen LogP contribution in [0.25, 0.3) is 0 Å². The third-order valence-corrected chi connectivity index (χ3v) is 4.21. The number of methoxy groups -OCH3 is 1. The van der Waals surface area contributed by atoms with Crippen LogP contribution in [0.3, 0.4) is 0 Å². The minimum Gasteiger partial charge on any atom is -0.370 e. The molecule has 108 valence electrons. The highest BCUT2D eigenvalue weighted by atomic mass is 16.5. The zero-order valence-corrected chi connectivity index (χ0v) is 12.2. The van der Waals surface area contributed by atoms with Gasteiger partial charge >= 0.3 is 0 Å². The molecule has 5 heteroatoms. The quantitative estimate of drug-likeness (QED) is 0.831. The minimum absolute atomic E-state index is 0.126. The van der Waals surface area contributed by atoms with Crippen molar-refractivity contribution in [1.82, 2.24) is 15.5 Å². The molecule has 0 aliphatic heterocycles. The molecular weight excluding hydrogens is 242 g/mol. The predicted octanol–water partition coefficient (Wildman–Crippen LogP) is 2.94. The molecule has 0 amide bonds. The van der Waals surface area contributed by atoms with Gasteiger partial charge in [-0.2, -0.15) is 4.98 Å². The number of hydrogen-bond donors (Lipinski definition) is 1. The lowest BCUT2D eigenvalue weighted by Gasteiger charge is -2.27. The SMILES string of the molecule is CCC(NC)c1nc(C2(OC)CCCCCC2)no1. The Bertz CT molecular complexity index is 380. The Hall–Kier alpha value is -0.940. The summed E-state index contributed by atoms with van der Waals surface area (Å²) in [5, 5.41) is 7.38. The Morgan fingerprint density at radius 3 is 2.53 bits per heavy atom. The maximum Gasteiger partial charge on any atom is 0.243 e. The number of nitrogens with zero attached hydrogens (tertiary/aromatic N) is 2. The molecule has 2 rings (SSSR count). The van der Waals surface area contributed by atoms with Crippen LogP contribution < -0.4 is 5.32 Å². The van der Waals surface area contributed by atoms with Crippen molar-refractivity contribution < 1.29 is 9.26 Å². The molecule has 0 radical (unpaired) electrons. The van der Waals surface area contributed by atoms with E-state index in [1.165, 1.54) is 25.7 Å². The lowest BCUT2D eigenvalue weighted by Crippen LogP contribution is -2.29. The van der Waals surface area contributed by atoms with Crippen LogP contribution in [0, 0.1) is 0 Å². The van der Waals surface area contributed by atoms with E-state index < -0.39 is 0 Å². The van der Waals surface area contributed by atoms with E-state index in [0.717, 1.165) is 25.1 Å². The fourth-order valence-electron chi connectivity index (χ4n) is 2.88. The average Bonchev–Trinajstić information content (AvgIpc) is 2.80. The van der Waals surface area contributed by atoms with Crippen LogP contribution in [-0.4, -0.2) is 24.3 Å². The summed E-state index contributed by atoms with van der Waals surface area (Å²) in [6.45, 7) is 2.10. The summed E-state index contributed by atoms with van der Waals surface area (Å²) in [5.74, 6) is 1.39. The van der Waals surface area contributed by atoms with Gasteiger partial charge in [0.1, 0.15) is 5.60 Å². The summed E-state index contributed by atoms with van der Waals surface area (Å²) >= 11 is 0. The van der Waals surface area contributed by atoms with E-state index in [1.807, 2.05) is 7.05 Å². The van der Waals surface area contributed by atoms with Crippen molar-refractivity contribution in [3.8, 4) is 0 Å². The van der Waals surface area contributed by atoms with Gasteiger partial charge in [0.2, 0.25) is 11.7 Å². The van der Waals surface area contributed by atoms with E-state index >= 15 is 0 Å². The van der Waals surface area contributed by atoms with E-state index in [2.05, 4.69) is 22.4 Å². The summed E-state index contributed by atoms with van der Waals surface area (Å²) < 4.78 is 11.2. The number of hydrogen-bond acceptors (Lipinski definition) is 5. The topological polar surface area (TPSA) is 60.2 Å². The molecule has 1 atom stereocenters. The highest BCUT2D eigenvalue weighted by molar-refractivity contribution is 5.04. The Morgan fingerprint density at radius 2 is 2.00 bits per heavy atom. The largest absolute Gasteiger partial charge is 0.370 e. The monoisotopic (exact) mass is 267 g/mol. The maximum absolute atomic E-state index is 5.80. The molecule has 1 aromatic rings. The Balaban J connectivity index is 2.23. The third kappa shape index (κ3) is 2.98. The lowest BCUT2D eigenvalue weighted by molar-refractivity contribution is -0.0365. The first-order valence-corrected chi connectivity index (χ1v) is 7.32. The molecule has 1 N–H and O–H groups in total. The second-order valence-corrected chi connectivity index (χ2v) is 5.32. The fourth-order valence-corrected chi connectivity index (χ4v) is 2.88. The second-order valence-electron chi connectivity index (χ2n) is 5.32. The van der Waals surface area contributed by atoms with Crippen LogP contribution in [-0.2, 0) is 10.3 Å². The van der Waals surface area contributed by atoms with Gasteiger partial charge in [0.15, 0.2) is 0 Å². The molecule has 0 spiro atoms. The van der Waals surface area contributed by atoms with Gasteiger partial charge in [-0.3, -0.25) is 0 Å². The molecule has 1 aliphatic rings. The van der Waals surface area contributed by atoms with Gasteiger partial charge in [-0.25, -0.2) is 0 Å². The first kappa shape index (κ1) is 14.5. The van der Waals surface area contributed by atoms with Crippen LogP contribution in [0.5, 0.6) is 0 Å². The molecule has 1 aliphatic carbocycles. The summed E-state index contributed by atoms with van der Waals surface area (Å²) in [7, 11) is 3.67. The van der Waals surface area contributed by atoms with E-state index in [-0.39, 0.29) is 11.6 Å². The fraction of sp³-hybridized carbons (Fsp3) is 0.857. The Morgan fingerprint density at radius 1 is 1.32 bits per heavy atom. The first-order valence-electron chi connectivity index (χ1n) is 7.32. The molecule has 0 saturated heterocycles. The standard InChI is InChI=1S/C14H25N3O2/c1-4-11(15-2)12-16-13(17-19-12)14(18-3)9-7-5-6-8-10-14/h11,15H,4-10H2,1-3H3. The number of nitrogens with one attached hydrogen (secondary N) is 1. The van der Waals surface area contributed by atoms with Crippen molar-refractivity contribution in [2.75, 3.05) is 14.2 Å². The summed E-state index contributed by atoms with van der Waals surface area (Å²) in [4.78, 5) is 4.60. The van der Waals surface area contributed by atoms with Crippen LogP contribution in [0.15, 0.2) is 4.52 Å². The molecule has 1 unspecified atom stereocenters. The summed E-state index contributed by atoms with van der Waals surface area (Å²) in [6, 6.07) is 0.126. The normalized spacial score (nSPS) is 21.0. The smallest absolute Gasteiger partial charge is 0.243 e. The molecule has 0 aromatic carbocycles. The second kappa shape index (κ2) is 6.48. The van der Waals surface area contributed by atoms with Crippen LogP contribution >= 0.6 is 0 Å². The zero-order valence-electron chi connectivity index (χ0n) is 12.2. The highest BCUT2D eigenvalue weighted by Gasteiger charge is 2.38. The molecule has 5 nitrogen and oxygen atoms in total. The van der Waals surface area contributed by atoms with Crippen LogP contribution in [0.1, 0.15) is 69.6 Å². The van der Waals surface area contributed by atoms with Crippen molar-refractivity contribution >= 4 is 0 Å². The molecule has 1 heterocycles. The van der Waals surface area contributed by atoms with Gasteiger partial charge in [-0.05, 0) is 26.3 Å². The van der Waals surface area contributed by atoms with Crippen molar-refractivity contribution in [3.63, 3.8) is 0 Å². The van der Waals surface area contributed by atoms with Crippen molar-refractivity contribution in [2.24, 2.45) is 0 Å². The van der Waals surface area contributed by atoms with Crippen LogP contribution in [0.2, 0.25) is 0 Å². The number of rotatable bonds is 5.